The first-order valence-corrected chi connectivity index (χ1v) is 8.63. The molecule has 0 bridgehead atoms. The molecule has 4 rings (SSSR count). The molecule has 0 aromatic heterocycles. The van der Waals surface area contributed by atoms with Crippen molar-refractivity contribution in [2.45, 2.75) is 25.7 Å². The number of anilines is 1. The van der Waals surface area contributed by atoms with Crippen LogP contribution in [0.5, 0.6) is 0 Å². The van der Waals surface area contributed by atoms with Crippen LogP contribution in [0.2, 0.25) is 0 Å². The van der Waals surface area contributed by atoms with Gasteiger partial charge in [0, 0.05) is 23.9 Å². The average Bonchev–Trinajstić information content (AvgIpc) is 3.00. The van der Waals surface area contributed by atoms with Gasteiger partial charge in [-0.2, -0.15) is 5.06 Å². The number of amides is 2. The molecule has 5 nitrogen and oxygen atoms in total. The fourth-order valence-corrected chi connectivity index (χ4v) is 3.93. The Balaban J connectivity index is 1.55. The van der Waals surface area contributed by atoms with Crippen molar-refractivity contribution in [3.8, 4) is 0 Å². The number of nitrogens with zero attached hydrogens (tertiary/aromatic N) is 1. The topological polar surface area (TPSA) is 69.6 Å². The van der Waals surface area contributed by atoms with Crippen LogP contribution in [0.25, 0.3) is 0 Å². The molecule has 2 N–H and O–H groups in total. The summed E-state index contributed by atoms with van der Waals surface area (Å²) >= 11 is 0. The number of benzene rings is 2. The first kappa shape index (κ1) is 16.7. The summed E-state index contributed by atoms with van der Waals surface area (Å²) in [4.78, 5) is 24.1. The van der Waals surface area contributed by atoms with Gasteiger partial charge in [-0.1, -0.05) is 6.07 Å². The van der Waals surface area contributed by atoms with Gasteiger partial charge in [0.15, 0.2) is 0 Å². The molecule has 1 atom stereocenters. The van der Waals surface area contributed by atoms with Crippen LogP contribution < -0.4 is 10.4 Å². The molecule has 2 aromatic rings. The van der Waals surface area contributed by atoms with Crippen LogP contribution >= 0.6 is 0 Å². The van der Waals surface area contributed by atoms with E-state index in [0.29, 0.717) is 23.6 Å². The minimum Gasteiger partial charge on any atom is -0.356 e. The van der Waals surface area contributed by atoms with Gasteiger partial charge in [0.05, 0.1) is 5.69 Å². The molecule has 1 spiro atoms. The van der Waals surface area contributed by atoms with Crippen LogP contribution in [-0.2, 0) is 17.6 Å². The number of fused-ring (bicyclic) bond motifs is 1. The lowest BCUT2D eigenvalue weighted by Crippen LogP contribution is -2.32. The number of hydrogen-bond acceptors (Lipinski definition) is 3. The second-order valence-corrected chi connectivity index (χ2v) is 7.21. The summed E-state index contributed by atoms with van der Waals surface area (Å²) in [6.45, 7) is 0.709. The molecule has 1 saturated heterocycles. The highest BCUT2D eigenvalue weighted by Crippen LogP contribution is 2.40. The van der Waals surface area contributed by atoms with Crippen LogP contribution in [0.3, 0.4) is 0 Å². The van der Waals surface area contributed by atoms with Gasteiger partial charge >= 0.3 is 0 Å². The zero-order chi connectivity index (χ0) is 18.3. The number of hydroxylamine groups is 1. The van der Waals surface area contributed by atoms with Crippen molar-refractivity contribution in [1.82, 2.24) is 5.32 Å². The number of hydrogen-bond donors (Lipinski definition) is 2. The summed E-state index contributed by atoms with van der Waals surface area (Å²) in [6, 6.07) is 10.5. The molecule has 1 fully saturated rings. The average molecular weight is 354 g/mol. The second-order valence-electron chi connectivity index (χ2n) is 7.21. The smallest absolute Gasteiger partial charge is 0.281 e. The Morgan fingerprint density at radius 2 is 1.88 bits per heavy atom. The van der Waals surface area contributed by atoms with Gasteiger partial charge in [-0.05, 0) is 66.8 Å². The lowest BCUT2D eigenvalue weighted by Gasteiger charge is -2.33. The van der Waals surface area contributed by atoms with Gasteiger partial charge in [-0.15, -0.1) is 0 Å². The van der Waals surface area contributed by atoms with Crippen molar-refractivity contribution >= 4 is 17.5 Å². The Kier molecular flexibility index (Phi) is 4.00. The van der Waals surface area contributed by atoms with Crippen LogP contribution in [0.1, 0.15) is 34.3 Å². The van der Waals surface area contributed by atoms with Gasteiger partial charge in [0.1, 0.15) is 5.82 Å². The van der Waals surface area contributed by atoms with Crippen molar-refractivity contribution in [3.05, 3.63) is 65.0 Å². The largest absolute Gasteiger partial charge is 0.356 e. The molecule has 2 aliphatic rings. The molecule has 0 saturated carbocycles. The Morgan fingerprint density at radius 1 is 1.12 bits per heavy atom. The van der Waals surface area contributed by atoms with Gasteiger partial charge in [-0.3, -0.25) is 14.8 Å². The fourth-order valence-electron chi connectivity index (χ4n) is 3.93. The van der Waals surface area contributed by atoms with Crippen LogP contribution in [0.4, 0.5) is 10.1 Å². The number of aryl methyl sites for hydroxylation is 1. The highest BCUT2D eigenvalue weighted by Gasteiger charge is 2.40. The number of rotatable bonds is 2. The molecule has 1 aliphatic carbocycles. The maximum atomic E-state index is 13.0. The molecule has 0 unspecified atom stereocenters. The summed E-state index contributed by atoms with van der Waals surface area (Å²) in [7, 11) is 0. The lowest BCUT2D eigenvalue weighted by molar-refractivity contribution is -0.119. The van der Waals surface area contributed by atoms with E-state index in [1.54, 1.807) is 6.07 Å². The van der Waals surface area contributed by atoms with E-state index in [2.05, 4.69) is 5.32 Å². The minimum atomic E-state index is -0.558. The summed E-state index contributed by atoms with van der Waals surface area (Å²) in [6.07, 6.45) is 3.07. The molecule has 2 aromatic carbocycles. The van der Waals surface area contributed by atoms with Crippen molar-refractivity contribution in [1.29, 1.82) is 0 Å². The summed E-state index contributed by atoms with van der Waals surface area (Å²) < 4.78 is 13.0. The van der Waals surface area contributed by atoms with Gasteiger partial charge in [0.25, 0.3) is 5.91 Å². The number of carbonyl (C=O) groups is 2. The van der Waals surface area contributed by atoms with E-state index in [-0.39, 0.29) is 17.0 Å². The zero-order valence-electron chi connectivity index (χ0n) is 14.2. The third kappa shape index (κ3) is 2.97. The van der Waals surface area contributed by atoms with Gasteiger partial charge < -0.3 is 5.32 Å². The van der Waals surface area contributed by atoms with Gasteiger partial charge in [0.2, 0.25) is 5.91 Å². The highest BCUT2D eigenvalue weighted by atomic mass is 19.1. The molecule has 2 amide bonds. The maximum absolute atomic E-state index is 13.0. The van der Waals surface area contributed by atoms with E-state index in [4.69, 9.17) is 0 Å². The molecule has 26 heavy (non-hydrogen) atoms. The summed E-state index contributed by atoms with van der Waals surface area (Å²) in [5.74, 6) is -0.884. The molecule has 134 valence electrons. The third-order valence-electron chi connectivity index (χ3n) is 5.40. The number of carbonyl (C=O) groups excluding carboxylic acids is 2. The first-order valence-electron chi connectivity index (χ1n) is 8.63. The number of halogens is 1. The Hall–Kier alpha value is -2.73. The van der Waals surface area contributed by atoms with Crippen molar-refractivity contribution < 1.29 is 19.2 Å². The normalized spacial score (nSPS) is 21.4. The van der Waals surface area contributed by atoms with Crippen molar-refractivity contribution in [3.63, 3.8) is 0 Å². The maximum Gasteiger partial charge on any atom is 0.281 e. The van der Waals surface area contributed by atoms with Crippen LogP contribution in [0.15, 0.2) is 42.5 Å². The first-order chi connectivity index (χ1) is 12.5. The van der Waals surface area contributed by atoms with E-state index in [9.17, 15) is 19.2 Å². The van der Waals surface area contributed by atoms with Gasteiger partial charge in [-0.25, -0.2) is 4.39 Å². The molecular formula is C20H19FN2O3. The van der Waals surface area contributed by atoms with E-state index >= 15 is 0 Å². The van der Waals surface area contributed by atoms with Crippen LogP contribution in [-0.4, -0.2) is 23.6 Å². The molecule has 0 radical (unpaired) electrons. The lowest BCUT2D eigenvalue weighted by atomic mass is 9.71. The van der Waals surface area contributed by atoms with E-state index in [0.717, 1.165) is 30.4 Å². The molecule has 1 heterocycles. The molecule has 1 aliphatic heterocycles. The summed E-state index contributed by atoms with van der Waals surface area (Å²) in [5, 5.41) is 13.6. The van der Waals surface area contributed by atoms with Crippen molar-refractivity contribution in [2.24, 2.45) is 5.41 Å². The SMILES string of the molecule is O=C1C[C@]2(CCc3cc(C(=O)N(O)c4ccc(F)cc4)ccc3C2)CN1. The Morgan fingerprint density at radius 3 is 2.58 bits per heavy atom. The quantitative estimate of drug-likeness (QED) is 0.644. The fraction of sp³-hybridized carbons (Fsp3) is 0.300. The number of nitrogens with one attached hydrogen (secondary N) is 1. The predicted molar refractivity (Wildman–Crippen MR) is 93.5 cm³/mol. The zero-order valence-corrected chi connectivity index (χ0v) is 14.2. The second kappa shape index (κ2) is 6.21. The third-order valence-corrected chi connectivity index (χ3v) is 5.40. The van der Waals surface area contributed by atoms with E-state index in [1.165, 1.54) is 24.3 Å². The monoisotopic (exact) mass is 354 g/mol. The highest BCUT2D eigenvalue weighted by molar-refractivity contribution is 6.04. The standard InChI is InChI=1S/C20H19FN2O3/c21-16-3-5-17(6-4-16)23(26)19(25)14-1-2-15-10-20(8-7-13(15)9-14)11-18(24)22-12-20/h1-6,9,26H,7-8,10-12H2,(H,22,24)/t20-/m1/s1. The Labute approximate surface area is 150 Å². The summed E-state index contributed by atoms with van der Waals surface area (Å²) in [5.41, 5.74) is 2.81. The van der Waals surface area contributed by atoms with Crippen molar-refractivity contribution in [2.75, 3.05) is 11.6 Å². The minimum absolute atomic E-state index is 0.00721. The molecule has 6 heteroatoms. The predicted octanol–water partition coefficient (Wildman–Crippen LogP) is 2.86. The Bertz CT molecular complexity index is 881. The van der Waals surface area contributed by atoms with Crippen LogP contribution in [0, 0.1) is 11.2 Å². The van der Waals surface area contributed by atoms with E-state index < -0.39 is 11.7 Å². The molecular weight excluding hydrogens is 335 g/mol. The van der Waals surface area contributed by atoms with E-state index in [1.807, 2.05) is 12.1 Å².